The maximum Gasteiger partial charge on any atom is 0.235 e. The third-order valence-corrected chi connectivity index (χ3v) is 1.96. The van der Waals surface area contributed by atoms with Gasteiger partial charge in [0.05, 0.1) is 13.7 Å². The molecule has 0 aliphatic rings. The van der Waals surface area contributed by atoms with Crippen molar-refractivity contribution in [3.8, 4) is 5.75 Å². The third kappa shape index (κ3) is 3.79. The largest absolute Gasteiger partial charge is 0.497 e. The lowest BCUT2D eigenvalue weighted by molar-refractivity contribution is 0.414. The second-order valence-electron chi connectivity index (χ2n) is 3.19. The van der Waals surface area contributed by atoms with Crippen molar-refractivity contribution < 1.29 is 9.53 Å². The number of carbonyl (C=O) groups excluding carboxylic acids is 1. The first-order valence-electron chi connectivity index (χ1n) is 4.59. The van der Waals surface area contributed by atoms with E-state index >= 15 is 0 Å². The molecule has 0 radical (unpaired) electrons. The average molecular weight is 203 g/mol. The highest BCUT2D eigenvalue weighted by atomic mass is 16.5. The molecule has 78 valence electrons. The quantitative estimate of drug-likeness (QED) is 0.417. The van der Waals surface area contributed by atoms with Crippen LogP contribution >= 0.6 is 0 Å². The molecule has 15 heavy (non-hydrogen) atoms. The Kier molecular flexibility index (Phi) is 4.32. The van der Waals surface area contributed by atoms with E-state index in [2.05, 4.69) is 11.6 Å². The molecule has 0 aromatic heterocycles. The van der Waals surface area contributed by atoms with E-state index in [0.717, 1.165) is 16.9 Å². The molecule has 0 atom stereocenters. The summed E-state index contributed by atoms with van der Waals surface area (Å²) >= 11 is 0. The lowest BCUT2D eigenvalue weighted by Gasteiger charge is -2.04. The Morgan fingerprint density at radius 3 is 3.07 bits per heavy atom. The summed E-state index contributed by atoms with van der Waals surface area (Å²) in [7, 11) is 1.63. The average Bonchev–Trinajstić information content (AvgIpc) is 2.26. The molecule has 0 unspecified atom stereocenters. The SMILES string of the molecule is C=C(CN=C=O)Cc1cccc(OC)c1. The number of hydrogen-bond donors (Lipinski definition) is 0. The summed E-state index contributed by atoms with van der Waals surface area (Å²) in [5.74, 6) is 0.819. The number of ether oxygens (including phenoxy) is 1. The number of methoxy groups -OCH3 is 1. The fourth-order valence-electron chi connectivity index (χ4n) is 1.27. The first kappa shape index (κ1) is 11.2. The normalized spacial score (nSPS) is 9.13. The summed E-state index contributed by atoms with van der Waals surface area (Å²) in [5.41, 5.74) is 1.98. The molecule has 0 saturated heterocycles. The minimum atomic E-state index is 0.334. The molecular formula is C12H13NO2. The van der Waals surface area contributed by atoms with Crippen molar-refractivity contribution >= 4 is 6.08 Å². The van der Waals surface area contributed by atoms with Crippen LogP contribution in [0.2, 0.25) is 0 Å². The molecule has 1 aromatic rings. The zero-order valence-corrected chi connectivity index (χ0v) is 8.69. The molecule has 0 amide bonds. The Labute approximate surface area is 89.1 Å². The van der Waals surface area contributed by atoms with Gasteiger partial charge >= 0.3 is 0 Å². The Hall–Kier alpha value is -1.86. The van der Waals surface area contributed by atoms with Crippen LogP contribution in [0, 0.1) is 0 Å². The van der Waals surface area contributed by atoms with Crippen LogP contribution in [0.1, 0.15) is 5.56 Å². The van der Waals surface area contributed by atoms with Crippen LogP contribution in [0.3, 0.4) is 0 Å². The lowest BCUT2D eigenvalue weighted by atomic mass is 10.1. The molecule has 0 aliphatic carbocycles. The first-order chi connectivity index (χ1) is 7.26. The van der Waals surface area contributed by atoms with Crippen molar-refractivity contribution in [2.24, 2.45) is 4.99 Å². The zero-order valence-electron chi connectivity index (χ0n) is 8.69. The molecule has 0 fully saturated rings. The van der Waals surface area contributed by atoms with Gasteiger partial charge < -0.3 is 4.74 Å². The van der Waals surface area contributed by atoms with E-state index in [1.54, 1.807) is 7.11 Å². The Morgan fingerprint density at radius 2 is 2.40 bits per heavy atom. The molecule has 0 spiro atoms. The van der Waals surface area contributed by atoms with E-state index in [1.165, 1.54) is 6.08 Å². The Bertz CT molecular complexity index is 392. The smallest absolute Gasteiger partial charge is 0.235 e. The number of isocyanates is 1. The number of aliphatic imine (C=N–C) groups is 1. The van der Waals surface area contributed by atoms with Crippen molar-refractivity contribution in [3.05, 3.63) is 42.0 Å². The van der Waals surface area contributed by atoms with Gasteiger partial charge in [-0.25, -0.2) is 9.79 Å². The van der Waals surface area contributed by atoms with Gasteiger partial charge in [-0.3, -0.25) is 0 Å². The van der Waals surface area contributed by atoms with Gasteiger partial charge in [0, 0.05) is 0 Å². The van der Waals surface area contributed by atoms with Crippen molar-refractivity contribution in [2.75, 3.05) is 13.7 Å². The Morgan fingerprint density at radius 1 is 1.60 bits per heavy atom. The van der Waals surface area contributed by atoms with E-state index in [1.807, 2.05) is 24.3 Å². The van der Waals surface area contributed by atoms with Crippen molar-refractivity contribution in [1.82, 2.24) is 0 Å². The highest BCUT2D eigenvalue weighted by molar-refractivity contribution is 5.35. The van der Waals surface area contributed by atoms with Gasteiger partial charge in [0.1, 0.15) is 5.75 Å². The van der Waals surface area contributed by atoms with E-state index in [4.69, 9.17) is 4.74 Å². The summed E-state index contributed by atoms with van der Waals surface area (Å²) in [6.45, 7) is 4.16. The second-order valence-corrected chi connectivity index (χ2v) is 3.19. The maximum atomic E-state index is 9.91. The van der Waals surface area contributed by atoms with Crippen LogP contribution in [-0.2, 0) is 11.2 Å². The molecule has 0 bridgehead atoms. The molecule has 1 aromatic carbocycles. The molecule has 3 heteroatoms. The predicted molar refractivity (Wildman–Crippen MR) is 58.8 cm³/mol. The zero-order chi connectivity index (χ0) is 11.1. The van der Waals surface area contributed by atoms with Gasteiger partial charge in [0.25, 0.3) is 0 Å². The monoisotopic (exact) mass is 203 g/mol. The summed E-state index contributed by atoms with van der Waals surface area (Å²) in [6.07, 6.45) is 2.19. The van der Waals surface area contributed by atoms with Crippen LogP contribution in [0.5, 0.6) is 5.75 Å². The molecule has 0 saturated carbocycles. The third-order valence-electron chi connectivity index (χ3n) is 1.96. The van der Waals surface area contributed by atoms with Crippen LogP contribution in [0.25, 0.3) is 0 Å². The lowest BCUT2D eigenvalue weighted by Crippen LogP contribution is -1.93. The van der Waals surface area contributed by atoms with E-state index < -0.39 is 0 Å². The summed E-state index contributed by atoms with van der Waals surface area (Å²) in [6, 6.07) is 7.73. The van der Waals surface area contributed by atoms with Gasteiger partial charge in [-0.15, -0.1) is 0 Å². The highest BCUT2D eigenvalue weighted by Gasteiger charge is 1.98. The number of nitrogens with zero attached hydrogens (tertiary/aromatic N) is 1. The second kappa shape index (κ2) is 5.78. The van der Waals surface area contributed by atoms with E-state index in [-0.39, 0.29) is 0 Å². The first-order valence-corrected chi connectivity index (χ1v) is 4.59. The molecule has 0 aliphatic heterocycles. The van der Waals surface area contributed by atoms with Crippen molar-refractivity contribution in [2.45, 2.75) is 6.42 Å². The van der Waals surface area contributed by atoms with Crippen LogP contribution < -0.4 is 4.74 Å². The fourth-order valence-corrected chi connectivity index (χ4v) is 1.27. The van der Waals surface area contributed by atoms with Gasteiger partial charge in [-0.1, -0.05) is 24.3 Å². The summed E-state index contributed by atoms with van der Waals surface area (Å²) in [4.78, 5) is 13.4. The summed E-state index contributed by atoms with van der Waals surface area (Å²) < 4.78 is 5.10. The minimum absolute atomic E-state index is 0.334. The van der Waals surface area contributed by atoms with Crippen LogP contribution in [0.4, 0.5) is 0 Å². The highest BCUT2D eigenvalue weighted by Crippen LogP contribution is 2.15. The number of hydrogen-bond acceptors (Lipinski definition) is 3. The molecule has 3 nitrogen and oxygen atoms in total. The van der Waals surface area contributed by atoms with Gasteiger partial charge in [-0.05, 0) is 24.1 Å². The Balaban J connectivity index is 2.63. The predicted octanol–water partition coefficient (Wildman–Crippen LogP) is 2.13. The number of rotatable bonds is 5. The molecule has 0 N–H and O–H groups in total. The van der Waals surface area contributed by atoms with Crippen molar-refractivity contribution in [1.29, 1.82) is 0 Å². The van der Waals surface area contributed by atoms with E-state index in [9.17, 15) is 4.79 Å². The van der Waals surface area contributed by atoms with Crippen molar-refractivity contribution in [3.63, 3.8) is 0 Å². The number of benzene rings is 1. The minimum Gasteiger partial charge on any atom is -0.497 e. The molecular weight excluding hydrogens is 190 g/mol. The topological polar surface area (TPSA) is 38.7 Å². The van der Waals surface area contributed by atoms with Crippen LogP contribution in [-0.4, -0.2) is 19.7 Å². The van der Waals surface area contributed by atoms with Gasteiger partial charge in [-0.2, -0.15) is 0 Å². The molecule has 0 heterocycles. The van der Waals surface area contributed by atoms with Crippen LogP contribution in [0.15, 0.2) is 41.4 Å². The maximum absolute atomic E-state index is 9.91. The van der Waals surface area contributed by atoms with E-state index in [0.29, 0.717) is 13.0 Å². The molecule has 1 rings (SSSR count). The van der Waals surface area contributed by atoms with Gasteiger partial charge in [0.2, 0.25) is 6.08 Å². The fraction of sp³-hybridized carbons (Fsp3) is 0.250. The standard InChI is InChI=1S/C12H13NO2/c1-10(8-13-9-14)6-11-4-3-5-12(7-11)15-2/h3-5,7H,1,6,8H2,2H3. The van der Waals surface area contributed by atoms with Gasteiger partial charge in [0.15, 0.2) is 0 Å². The summed E-state index contributed by atoms with van der Waals surface area (Å²) in [5, 5.41) is 0.